The number of hydrogen-bond acceptors (Lipinski definition) is 1. The Morgan fingerprint density at radius 1 is 1.15 bits per heavy atom. The van der Waals surface area contributed by atoms with Gasteiger partial charge in [-0.3, -0.25) is 0 Å². The van der Waals surface area contributed by atoms with Crippen molar-refractivity contribution in [2.24, 2.45) is 5.73 Å². The molecule has 0 saturated heterocycles. The van der Waals surface area contributed by atoms with Crippen LogP contribution in [-0.2, 0) is 6.42 Å². The van der Waals surface area contributed by atoms with E-state index in [0.29, 0.717) is 22.0 Å². The van der Waals surface area contributed by atoms with Crippen molar-refractivity contribution in [3.05, 3.63) is 68.4 Å². The molecule has 0 spiro atoms. The first-order chi connectivity index (χ1) is 9.38. The zero-order valence-corrected chi connectivity index (χ0v) is 12.9. The predicted molar refractivity (Wildman–Crippen MR) is 83.0 cm³/mol. The van der Waals surface area contributed by atoms with Gasteiger partial charge < -0.3 is 5.73 Å². The number of aryl methyl sites for hydroxylation is 2. The summed E-state index contributed by atoms with van der Waals surface area (Å²) in [6.45, 7) is 3.73. The first-order valence-electron chi connectivity index (χ1n) is 6.34. The Labute approximate surface area is 128 Å². The summed E-state index contributed by atoms with van der Waals surface area (Å²) in [5, 5.41) is 1.13. The maximum atomic E-state index is 14.1. The molecule has 1 unspecified atom stereocenters. The summed E-state index contributed by atoms with van der Waals surface area (Å²) in [5.74, 6) is -0.264. The quantitative estimate of drug-likeness (QED) is 0.849. The highest BCUT2D eigenvalue weighted by Crippen LogP contribution is 2.28. The Bertz CT molecular complexity index is 617. The third kappa shape index (κ3) is 3.32. The number of halogens is 3. The zero-order valence-electron chi connectivity index (χ0n) is 11.4. The van der Waals surface area contributed by atoms with Crippen LogP contribution in [0, 0.1) is 19.7 Å². The molecule has 2 N–H and O–H groups in total. The monoisotopic (exact) mass is 311 g/mol. The molecule has 2 aromatic rings. The standard InChI is InChI=1S/C16H16Cl2FN/c1-9-5-10(2)16(14(19)6-9)15(20)7-11-3-4-12(17)8-13(11)18/h3-6,8,15H,7,20H2,1-2H3. The topological polar surface area (TPSA) is 26.0 Å². The van der Waals surface area contributed by atoms with E-state index in [1.807, 2.05) is 26.0 Å². The predicted octanol–water partition coefficient (Wildman–Crippen LogP) is 4.99. The van der Waals surface area contributed by atoms with Crippen LogP contribution in [0.1, 0.15) is 28.3 Å². The van der Waals surface area contributed by atoms with Gasteiger partial charge in [-0.25, -0.2) is 4.39 Å². The summed E-state index contributed by atoms with van der Waals surface area (Å²) in [6.07, 6.45) is 0.469. The average molecular weight is 312 g/mol. The highest BCUT2D eigenvalue weighted by molar-refractivity contribution is 6.35. The fourth-order valence-corrected chi connectivity index (χ4v) is 2.91. The van der Waals surface area contributed by atoms with E-state index < -0.39 is 6.04 Å². The summed E-state index contributed by atoms with van der Waals surface area (Å²) in [5.41, 5.74) is 9.31. The molecule has 0 fully saturated rings. The number of nitrogens with two attached hydrogens (primary N) is 1. The van der Waals surface area contributed by atoms with Crippen molar-refractivity contribution >= 4 is 23.2 Å². The van der Waals surface area contributed by atoms with E-state index in [4.69, 9.17) is 28.9 Å². The molecule has 2 rings (SSSR count). The van der Waals surface area contributed by atoms with Gasteiger partial charge in [0.2, 0.25) is 0 Å². The normalized spacial score (nSPS) is 12.5. The molecular weight excluding hydrogens is 296 g/mol. The van der Waals surface area contributed by atoms with Crippen LogP contribution >= 0.6 is 23.2 Å². The third-order valence-electron chi connectivity index (χ3n) is 3.31. The molecule has 0 aliphatic rings. The summed E-state index contributed by atoms with van der Waals surface area (Å²) in [6, 6.07) is 8.26. The van der Waals surface area contributed by atoms with Gasteiger partial charge in [0.05, 0.1) is 0 Å². The first-order valence-corrected chi connectivity index (χ1v) is 7.10. The van der Waals surface area contributed by atoms with Gasteiger partial charge in [0.25, 0.3) is 0 Å². The number of rotatable bonds is 3. The molecular formula is C16H16Cl2FN. The maximum Gasteiger partial charge on any atom is 0.128 e. The minimum absolute atomic E-state index is 0.264. The molecule has 0 aliphatic heterocycles. The molecule has 2 aromatic carbocycles. The largest absolute Gasteiger partial charge is 0.324 e. The van der Waals surface area contributed by atoms with Crippen molar-refractivity contribution in [3.63, 3.8) is 0 Å². The molecule has 0 aromatic heterocycles. The molecule has 1 nitrogen and oxygen atoms in total. The van der Waals surface area contributed by atoms with E-state index in [-0.39, 0.29) is 5.82 Å². The molecule has 0 aliphatic carbocycles. The van der Waals surface area contributed by atoms with Gasteiger partial charge in [0.1, 0.15) is 5.82 Å². The fourth-order valence-electron chi connectivity index (χ4n) is 2.42. The van der Waals surface area contributed by atoms with Crippen LogP contribution in [0.5, 0.6) is 0 Å². The molecule has 0 saturated carbocycles. The molecule has 20 heavy (non-hydrogen) atoms. The van der Waals surface area contributed by atoms with E-state index in [1.165, 1.54) is 6.07 Å². The van der Waals surface area contributed by atoms with Crippen molar-refractivity contribution in [1.82, 2.24) is 0 Å². The van der Waals surface area contributed by atoms with Gasteiger partial charge in [-0.15, -0.1) is 0 Å². The van der Waals surface area contributed by atoms with Crippen molar-refractivity contribution in [2.75, 3.05) is 0 Å². The maximum absolute atomic E-state index is 14.1. The van der Waals surface area contributed by atoms with Gasteiger partial charge in [-0.1, -0.05) is 35.3 Å². The Morgan fingerprint density at radius 2 is 1.85 bits per heavy atom. The first kappa shape index (κ1) is 15.3. The van der Waals surface area contributed by atoms with E-state index in [2.05, 4.69) is 0 Å². The van der Waals surface area contributed by atoms with Crippen molar-refractivity contribution in [3.8, 4) is 0 Å². The lowest BCUT2D eigenvalue weighted by Crippen LogP contribution is -2.17. The Balaban J connectivity index is 2.31. The van der Waals surface area contributed by atoms with Crippen LogP contribution in [-0.4, -0.2) is 0 Å². The fraction of sp³-hybridized carbons (Fsp3) is 0.250. The Morgan fingerprint density at radius 3 is 2.45 bits per heavy atom. The van der Waals surface area contributed by atoms with Crippen molar-refractivity contribution < 1.29 is 4.39 Å². The second-order valence-corrected chi connectivity index (χ2v) is 5.87. The summed E-state index contributed by atoms with van der Waals surface area (Å²) in [7, 11) is 0. The molecule has 0 bridgehead atoms. The van der Waals surface area contributed by atoms with Gasteiger partial charge >= 0.3 is 0 Å². The lowest BCUT2D eigenvalue weighted by molar-refractivity contribution is 0.576. The molecule has 1 atom stereocenters. The molecule has 106 valence electrons. The van der Waals surface area contributed by atoms with Crippen molar-refractivity contribution in [2.45, 2.75) is 26.3 Å². The van der Waals surface area contributed by atoms with Crippen LogP contribution in [0.3, 0.4) is 0 Å². The Kier molecular flexibility index (Phi) is 4.69. The highest BCUT2D eigenvalue weighted by atomic mass is 35.5. The van der Waals surface area contributed by atoms with Gasteiger partial charge in [-0.05, 0) is 55.2 Å². The van der Waals surface area contributed by atoms with Crippen LogP contribution in [0.15, 0.2) is 30.3 Å². The lowest BCUT2D eigenvalue weighted by atomic mass is 9.94. The van der Waals surface area contributed by atoms with Crippen LogP contribution < -0.4 is 5.73 Å². The zero-order chi connectivity index (χ0) is 14.9. The van der Waals surface area contributed by atoms with Gasteiger partial charge in [0.15, 0.2) is 0 Å². The summed E-state index contributed by atoms with van der Waals surface area (Å²) < 4.78 is 14.1. The van der Waals surface area contributed by atoms with Crippen molar-refractivity contribution in [1.29, 1.82) is 0 Å². The summed E-state index contributed by atoms with van der Waals surface area (Å²) in [4.78, 5) is 0. The van der Waals surface area contributed by atoms with Crippen LogP contribution in [0.4, 0.5) is 4.39 Å². The second kappa shape index (κ2) is 6.13. The lowest BCUT2D eigenvalue weighted by Gasteiger charge is -2.17. The van der Waals surface area contributed by atoms with Crippen LogP contribution in [0.2, 0.25) is 10.0 Å². The van der Waals surface area contributed by atoms with E-state index >= 15 is 0 Å². The summed E-state index contributed by atoms with van der Waals surface area (Å²) >= 11 is 12.0. The number of benzene rings is 2. The number of hydrogen-bond donors (Lipinski definition) is 1. The smallest absolute Gasteiger partial charge is 0.128 e. The Hall–Kier alpha value is -1.09. The minimum atomic E-state index is -0.436. The average Bonchev–Trinajstić information content (AvgIpc) is 2.31. The second-order valence-electron chi connectivity index (χ2n) is 5.02. The molecule has 0 radical (unpaired) electrons. The highest BCUT2D eigenvalue weighted by Gasteiger charge is 2.16. The third-order valence-corrected chi connectivity index (χ3v) is 3.89. The van der Waals surface area contributed by atoms with Gasteiger partial charge in [-0.2, -0.15) is 0 Å². The van der Waals surface area contributed by atoms with E-state index in [9.17, 15) is 4.39 Å². The van der Waals surface area contributed by atoms with E-state index in [0.717, 1.165) is 16.7 Å². The molecule has 4 heteroatoms. The SMILES string of the molecule is Cc1cc(C)c(C(N)Cc2ccc(Cl)cc2Cl)c(F)c1. The molecule has 0 amide bonds. The minimum Gasteiger partial charge on any atom is -0.324 e. The van der Waals surface area contributed by atoms with Gasteiger partial charge in [0, 0.05) is 21.7 Å². The molecule has 0 heterocycles. The van der Waals surface area contributed by atoms with E-state index in [1.54, 1.807) is 12.1 Å². The van der Waals surface area contributed by atoms with Crippen LogP contribution in [0.25, 0.3) is 0 Å².